The predicted molar refractivity (Wildman–Crippen MR) is 88.3 cm³/mol. The third kappa shape index (κ3) is 4.03. The molecule has 0 aliphatic carbocycles. The van der Waals surface area contributed by atoms with Gasteiger partial charge in [0.1, 0.15) is 12.4 Å². The molecule has 0 unspecified atom stereocenters. The summed E-state index contributed by atoms with van der Waals surface area (Å²) in [5.74, 6) is 0.855. The Labute approximate surface area is 135 Å². The predicted octanol–water partition coefficient (Wildman–Crippen LogP) is 4.42. The maximum Gasteiger partial charge on any atom is 0.183 e. The summed E-state index contributed by atoms with van der Waals surface area (Å²) in [6, 6.07) is 16.4. The molecule has 0 N–H and O–H groups in total. The van der Waals surface area contributed by atoms with Crippen LogP contribution in [0.15, 0.2) is 53.4 Å². The van der Waals surface area contributed by atoms with Gasteiger partial charge >= 0.3 is 0 Å². The molecule has 3 nitrogen and oxygen atoms in total. The van der Waals surface area contributed by atoms with Crippen molar-refractivity contribution in [1.29, 1.82) is 0 Å². The third-order valence-electron chi connectivity index (χ3n) is 3.54. The first-order chi connectivity index (χ1) is 10.8. The van der Waals surface area contributed by atoms with E-state index in [0.717, 1.165) is 30.9 Å². The highest BCUT2D eigenvalue weighted by atomic mass is 32.2. The van der Waals surface area contributed by atoms with Gasteiger partial charge in [-0.3, -0.25) is 0 Å². The standard InChI is InChI=1S/C18H20O3S/c1-22-17-9-3-14(4-10-17)13-21-16-7-5-15(6-8-16)18-19-11-2-12-20-18/h3-10,18H,2,11-13H2,1H3. The quantitative estimate of drug-likeness (QED) is 0.763. The molecular formula is C18H20O3S. The van der Waals surface area contributed by atoms with Crippen molar-refractivity contribution in [2.75, 3.05) is 19.5 Å². The van der Waals surface area contributed by atoms with E-state index in [1.54, 1.807) is 11.8 Å². The molecule has 1 aliphatic heterocycles. The summed E-state index contributed by atoms with van der Waals surface area (Å²) in [6.07, 6.45) is 2.81. The van der Waals surface area contributed by atoms with Crippen molar-refractivity contribution in [3.05, 3.63) is 59.7 Å². The van der Waals surface area contributed by atoms with Crippen molar-refractivity contribution in [3.63, 3.8) is 0 Å². The zero-order valence-corrected chi connectivity index (χ0v) is 13.5. The Bertz CT molecular complexity index is 574. The van der Waals surface area contributed by atoms with Crippen LogP contribution >= 0.6 is 11.8 Å². The Morgan fingerprint density at radius 1 is 1.00 bits per heavy atom. The van der Waals surface area contributed by atoms with Gasteiger partial charge in [-0.15, -0.1) is 11.8 Å². The summed E-state index contributed by atoms with van der Waals surface area (Å²) in [5, 5.41) is 0. The summed E-state index contributed by atoms with van der Waals surface area (Å²) < 4.78 is 17.0. The van der Waals surface area contributed by atoms with Gasteiger partial charge in [0.2, 0.25) is 0 Å². The second-order valence-electron chi connectivity index (χ2n) is 5.13. The molecule has 1 heterocycles. The summed E-state index contributed by atoms with van der Waals surface area (Å²) in [5.41, 5.74) is 2.21. The zero-order valence-electron chi connectivity index (χ0n) is 12.7. The molecule has 1 aliphatic rings. The van der Waals surface area contributed by atoms with E-state index in [1.165, 1.54) is 10.5 Å². The second-order valence-corrected chi connectivity index (χ2v) is 6.01. The van der Waals surface area contributed by atoms with Crippen LogP contribution in [0.25, 0.3) is 0 Å². The van der Waals surface area contributed by atoms with Crippen molar-refractivity contribution in [2.24, 2.45) is 0 Å². The lowest BCUT2D eigenvalue weighted by atomic mass is 10.2. The van der Waals surface area contributed by atoms with Gasteiger partial charge in [-0.05, 0) is 42.5 Å². The molecule has 2 aromatic rings. The number of hydrogen-bond donors (Lipinski definition) is 0. The molecule has 0 spiro atoms. The van der Waals surface area contributed by atoms with Crippen LogP contribution in [0.2, 0.25) is 0 Å². The summed E-state index contributed by atoms with van der Waals surface area (Å²) in [6.45, 7) is 2.09. The van der Waals surface area contributed by atoms with E-state index >= 15 is 0 Å². The fourth-order valence-corrected chi connectivity index (χ4v) is 2.70. The molecular weight excluding hydrogens is 296 g/mol. The molecule has 1 fully saturated rings. The van der Waals surface area contributed by atoms with Gasteiger partial charge in [-0.25, -0.2) is 0 Å². The van der Waals surface area contributed by atoms with Gasteiger partial charge in [0, 0.05) is 10.5 Å². The van der Waals surface area contributed by atoms with Crippen molar-refractivity contribution in [3.8, 4) is 5.75 Å². The lowest BCUT2D eigenvalue weighted by Gasteiger charge is -2.23. The second kappa shape index (κ2) is 7.68. The Morgan fingerprint density at radius 3 is 2.32 bits per heavy atom. The largest absolute Gasteiger partial charge is 0.489 e. The van der Waals surface area contributed by atoms with Crippen LogP contribution in [0.3, 0.4) is 0 Å². The first-order valence-electron chi connectivity index (χ1n) is 7.44. The van der Waals surface area contributed by atoms with Gasteiger partial charge in [-0.2, -0.15) is 0 Å². The summed E-state index contributed by atoms with van der Waals surface area (Å²) in [4.78, 5) is 1.26. The molecule has 3 rings (SSSR count). The van der Waals surface area contributed by atoms with E-state index < -0.39 is 0 Å². The van der Waals surface area contributed by atoms with E-state index in [1.807, 2.05) is 24.3 Å². The van der Waals surface area contributed by atoms with E-state index in [2.05, 4.69) is 30.5 Å². The van der Waals surface area contributed by atoms with Gasteiger partial charge in [0.05, 0.1) is 13.2 Å². The van der Waals surface area contributed by atoms with E-state index in [0.29, 0.717) is 6.61 Å². The topological polar surface area (TPSA) is 27.7 Å². The van der Waals surface area contributed by atoms with Crippen LogP contribution in [0, 0.1) is 0 Å². The maximum absolute atomic E-state index is 5.82. The molecule has 2 aromatic carbocycles. The Balaban J connectivity index is 1.56. The molecule has 0 amide bonds. The van der Waals surface area contributed by atoms with Crippen LogP contribution in [0.1, 0.15) is 23.8 Å². The lowest BCUT2D eigenvalue weighted by Crippen LogP contribution is -2.17. The fourth-order valence-electron chi connectivity index (χ4n) is 2.29. The first-order valence-corrected chi connectivity index (χ1v) is 8.66. The average molecular weight is 316 g/mol. The van der Waals surface area contributed by atoms with Gasteiger partial charge in [0.15, 0.2) is 6.29 Å². The molecule has 1 saturated heterocycles. The van der Waals surface area contributed by atoms with Gasteiger partial charge in [-0.1, -0.05) is 24.3 Å². The number of ether oxygens (including phenoxy) is 3. The lowest BCUT2D eigenvalue weighted by molar-refractivity contribution is -0.183. The Kier molecular flexibility index (Phi) is 5.38. The zero-order chi connectivity index (χ0) is 15.2. The minimum absolute atomic E-state index is 0.234. The normalized spacial score (nSPS) is 15.7. The molecule has 0 saturated carbocycles. The molecule has 0 aromatic heterocycles. The highest BCUT2D eigenvalue weighted by molar-refractivity contribution is 7.98. The monoisotopic (exact) mass is 316 g/mol. The molecule has 0 atom stereocenters. The summed E-state index contributed by atoms with van der Waals surface area (Å²) >= 11 is 1.74. The number of rotatable bonds is 5. The average Bonchev–Trinajstić information content (AvgIpc) is 2.61. The van der Waals surface area contributed by atoms with E-state index in [4.69, 9.17) is 14.2 Å². The number of thioether (sulfide) groups is 1. The molecule has 4 heteroatoms. The molecule has 22 heavy (non-hydrogen) atoms. The number of hydrogen-bond acceptors (Lipinski definition) is 4. The molecule has 0 bridgehead atoms. The fraction of sp³-hybridized carbons (Fsp3) is 0.333. The van der Waals surface area contributed by atoms with Crippen molar-refractivity contribution >= 4 is 11.8 Å². The van der Waals surface area contributed by atoms with Crippen LogP contribution < -0.4 is 4.74 Å². The highest BCUT2D eigenvalue weighted by Crippen LogP contribution is 2.25. The van der Waals surface area contributed by atoms with Gasteiger partial charge in [0.25, 0.3) is 0 Å². The Hall–Kier alpha value is -1.49. The highest BCUT2D eigenvalue weighted by Gasteiger charge is 2.16. The Morgan fingerprint density at radius 2 is 1.68 bits per heavy atom. The third-order valence-corrected chi connectivity index (χ3v) is 4.29. The minimum Gasteiger partial charge on any atom is -0.489 e. The first kappa shape index (κ1) is 15.4. The minimum atomic E-state index is -0.234. The summed E-state index contributed by atoms with van der Waals surface area (Å²) in [7, 11) is 0. The number of benzene rings is 2. The van der Waals surface area contributed by atoms with E-state index in [9.17, 15) is 0 Å². The van der Waals surface area contributed by atoms with Crippen LogP contribution in [-0.2, 0) is 16.1 Å². The van der Waals surface area contributed by atoms with Crippen molar-refractivity contribution < 1.29 is 14.2 Å². The smallest absolute Gasteiger partial charge is 0.183 e. The van der Waals surface area contributed by atoms with Gasteiger partial charge < -0.3 is 14.2 Å². The SMILES string of the molecule is CSc1ccc(COc2ccc(C3OCCCO3)cc2)cc1. The van der Waals surface area contributed by atoms with Crippen LogP contribution in [0.4, 0.5) is 0 Å². The van der Waals surface area contributed by atoms with Crippen LogP contribution in [-0.4, -0.2) is 19.5 Å². The van der Waals surface area contributed by atoms with E-state index in [-0.39, 0.29) is 6.29 Å². The molecule has 0 radical (unpaired) electrons. The maximum atomic E-state index is 5.82. The van der Waals surface area contributed by atoms with Crippen molar-refractivity contribution in [2.45, 2.75) is 24.2 Å². The molecule has 116 valence electrons. The van der Waals surface area contributed by atoms with Crippen LogP contribution in [0.5, 0.6) is 5.75 Å². The van der Waals surface area contributed by atoms with Crippen molar-refractivity contribution in [1.82, 2.24) is 0 Å².